The minimum Gasteiger partial charge on any atom is -0.333 e. The summed E-state index contributed by atoms with van der Waals surface area (Å²) in [5.41, 5.74) is 16.1. The van der Waals surface area contributed by atoms with Crippen LogP contribution in [-0.4, -0.2) is 6.04 Å². The number of nitrogens with zero attached hydrogens (tertiary/aromatic N) is 2. The monoisotopic (exact) mass is 802 g/mol. The van der Waals surface area contributed by atoms with Gasteiger partial charge in [0.25, 0.3) is 0 Å². The van der Waals surface area contributed by atoms with E-state index in [1.807, 2.05) is 0 Å². The predicted molar refractivity (Wildman–Crippen MR) is 269 cm³/mol. The van der Waals surface area contributed by atoms with Gasteiger partial charge in [0.15, 0.2) is 0 Å². The Morgan fingerprint density at radius 1 is 0.452 bits per heavy atom. The van der Waals surface area contributed by atoms with Crippen molar-refractivity contribution in [3.8, 4) is 22.3 Å². The summed E-state index contributed by atoms with van der Waals surface area (Å²) in [4.78, 5) is 5.08. The fourth-order valence-electron chi connectivity index (χ4n) is 9.61. The SMILES string of the molecule is Cc1ccc(-c2ccc(C(C)C)cc2)cc1N(c1ccccc1)c1ccc2ccc3c(N(c4cc(-c5ccc(C(C)C)cc5)ccc4C)C4C=CC=CC4)ccc4ccc1c2c43. The zero-order valence-electron chi connectivity index (χ0n) is 36.7. The third kappa shape index (κ3) is 7.04. The summed E-state index contributed by atoms with van der Waals surface area (Å²) in [7, 11) is 0. The quantitative estimate of drug-likeness (QED) is 0.127. The second kappa shape index (κ2) is 16.2. The first-order valence-corrected chi connectivity index (χ1v) is 22.3. The summed E-state index contributed by atoms with van der Waals surface area (Å²) in [5.74, 6) is 0.995. The van der Waals surface area contributed by atoms with Gasteiger partial charge in [-0.2, -0.15) is 0 Å². The molecule has 0 aliphatic heterocycles. The molecule has 0 aromatic heterocycles. The van der Waals surface area contributed by atoms with Crippen molar-refractivity contribution in [1.82, 2.24) is 0 Å². The van der Waals surface area contributed by atoms with Crippen molar-refractivity contribution < 1.29 is 0 Å². The molecule has 0 fully saturated rings. The van der Waals surface area contributed by atoms with Crippen molar-refractivity contribution >= 4 is 60.8 Å². The molecular weight excluding hydrogens is 749 g/mol. The Morgan fingerprint density at radius 3 is 1.50 bits per heavy atom. The molecule has 62 heavy (non-hydrogen) atoms. The lowest BCUT2D eigenvalue weighted by Crippen LogP contribution is -2.30. The number of benzene rings is 9. The molecule has 9 aromatic carbocycles. The fraction of sp³-hybridized carbons (Fsp3) is 0.167. The Balaban J connectivity index is 1.16. The van der Waals surface area contributed by atoms with Gasteiger partial charge in [-0.3, -0.25) is 0 Å². The molecule has 1 unspecified atom stereocenters. The molecule has 1 aliphatic carbocycles. The van der Waals surface area contributed by atoms with Gasteiger partial charge in [-0.05, 0) is 135 Å². The zero-order chi connectivity index (χ0) is 42.5. The van der Waals surface area contributed by atoms with Crippen LogP contribution in [0.4, 0.5) is 28.4 Å². The summed E-state index contributed by atoms with van der Waals surface area (Å²) in [6, 6.07) is 61.9. The van der Waals surface area contributed by atoms with Crippen LogP contribution in [0.3, 0.4) is 0 Å². The van der Waals surface area contributed by atoms with Gasteiger partial charge in [-0.1, -0.05) is 179 Å². The first-order chi connectivity index (χ1) is 30.2. The number of anilines is 5. The molecular formula is C60H54N2. The van der Waals surface area contributed by atoms with E-state index in [2.05, 4.69) is 239 Å². The average molecular weight is 803 g/mol. The Hall–Kier alpha value is -6.90. The van der Waals surface area contributed by atoms with Crippen LogP contribution in [0.5, 0.6) is 0 Å². The molecule has 0 heterocycles. The smallest absolute Gasteiger partial charge is 0.0560 e. The number of para-hydroxylation sites is 1. The topological polar surface area (TPSA) is 6.48 Å². The van der Waals surface area contributed by atoms with E-state index in [-0.39, 0.29) is 6.04 Å². The van der Waals surface area contributed by atoms with Crippen molar-refractivity contribution in [3.63, 3.8) is 0 Å². The highest BCUT2D eigenvalue weighted by Crippen LogP contribution is 2.48. The molecule has 0 radical (unpaired) electrons. The molecule has 10 rings (SSSR count). The molecule has 0 saturated heterocycles. The van der Waals surface area contributed by atoms with Gasteiger partial charge in [-0.25, -0.2) is 0 Å². The van der Waals surface area contributed by atoms with E-state index >= 15 is 0 Å². The van der Waals surface area contributed by atoms with Crippen molar-refractivity contribution in [3.05, 3.63) is 210 Å². The van der Waals surface area contributed by atoms with E-state index < -0.39 is 0 Å². The van der Waals surface area contributed by atoms with Crippen molar-refractivity contribution in [2.45, 2.75) is 65.8 Å². The molecule has 0 amide bonds. The Kier molecular flexibility index (Phi) is 10.2. The Labute approximate surface area is 367 Å². The van der Waals surface area contributed by atoms with E-state index in [9.17, 15) is 0 Å². The van der Waals surface area contributed by atoms with E-state index in [0.717, 1.165) is 12.1 Å². The summed E-state index contributed by atoms with van der Waals surface area (Å²) >= 11 is 0. The van der Waals surface area contributed by atoms with Gasteiger partial charge in [-0.15, -0.1) is 0 Å². The van der Waals surface area contributed by atoms with Crippen LogP contribution in [0.1, 0.15) is 68.2 Å². The maximum atomic E-state index is 2.60. The van der Waals surface area contributed by atoms with E-state index in [0.29, 0.717) is 11.8 Å². The van der Waals surface area contributed by atoms with E-state index in [1.165, 1.54) is 99.6 Å². The van der Waals surface area contributed by atoms with Gasteiger partial charge >= 0.3 is 0 Å². The molecule has 0 bridgehead atoms. The van der Waals surface area contributed by atoms with Gasteiger partial charge < -0.3 is 9.80 Å². The van der Waals surface area contributed by atoms with Crippen LogP contribution in [0.25, 0.3) is 54.6 Å². The molecule has 0 spiro atoms. The van der Waals surface area contributed by atoms with Crippen molar-refractivity contribution in [2.75, 3.05) is 9.80 Å². The van der Waals surface area contributed by atoms with Crippen LogP contribution in [-0.2, 0) is 0 Å². The highest BCUT2D eigenvalue weighted by molar-refractivity contribution is 6.28. The zero-order valence-corrected chi connectivity index (χ0v) is 36.7. The first-order valence-electron chi connectivity index (χ1n) is 22.3. The second-order valence-corrected chi connectivity index (χ2v) is 17.8. The second-order valence-electron chi connectivity index (χ2n) is 17.8. The fourth-order valence-corrected chi connectivity index (χ4v) is 9.61. The molecule has 2 nitrogen and oxygen atoms in total. The van der Waals surface area contributed by atoms with Crippen LogP contribution in [0.2, 0.25) is 0 Å². The van der Waals surface area contributed by atoms with Gasteiger partial charge in [0, 0.05) is 33.5 Å². The molecule has 304 valence electrons. The minimum atomic E-state index is 0.164. The van der Waals surface area contributed by atoms with Crippen molar-refractivity contribution in [2.24, 2.45) is 0 Å². The highest BCUT2D eigenvalue weighted by atomic mass is 15.2. The lowest BCUT2D eigenvalue weighted by atomic mass is 9.90. The van der Waals surface area contributed by atoms with Crippen LogP contribution in [0, 0.1) is 13.8 Å². The average Bonchev–Trinajstić information content (AvgIpc) is 3.31. The normalized spacial score (nSPS) is 13.9. The molecule has 9 aromatic rings. The minimum absolute atomic E-state index is 0.164. The third-order valence-corrected chi connectivity index (χ3v) is 13.2. The lowest BCUT2D eigenvalue weighted by Gasteiger charge is -2.35. The van der Waals surface area contributed by atoms with Gasteiger partial charge in [0.05, 0.1) is 11.7 Å². The summed E-state index contributed by atoms with van der Waals surface area (Å²) < 4.78 is 0. The number of rotatable bonds is 10. The largest absolute Gasteiger partial charge is 0.333 e. The van der Waals surface area contributed by atoms with Crippen molar-refractivity contribution in [1.29, 1.82) is 0 Å². The molecule has 1 aliphatic rings. The van der Waals surface area contributed by atoms with E-state index in [1.54, 1.807) is 0 Å². The van der Waals surface area contributed by atoms with Crippen LogP contribution in [0.15, 0.2) is 188 Å². The highest BCUT2D eigenvalue weighted by Gasteiger charge is 2.26. The summed E-state index contributed by atoms with van der Waals surface area (Å²) in [5, 5.41) is 7.61. The number of aryl methyl sites for hydroxylation is 2. The first kappa shape index (κ1) is 39.2. The van der Waals surface area contributed by atoms with Gasteiger partial charge in [0.2, 0.25) is 0 Å². The number of hydrogen-bond donors (Lipinski definition) is 0. The maximum Gasteiger partial charge on any atom is 0.0560 e. The van der Waals surface area contributed by atoms with Crippen LogP contribution >= 0.6 is 0 Å². The molecule has 1 atom stereocenters. The molecule has 2 heteroatoms. The lowest BCUT2D eigenvalue weighted by molar-refractivity contribution is 0.785. The Bertz CT molecular complexity index is 3110. The maximum absolute atomic E-state index is 2.60. The molecule has 0 N–H and O–H groups in total. The van der Waals surface area contributed by atoms with Gasteiger partial charge in [0.1, 0.15) is 0 Å². The molecule has 0 saturated carbocycles. The summed E-state index contributed by atoms with van der Waals surface area (Å²) in [6.07, 6.45) is 10.00. The Morgan fingerprint density at radius 2 is 0.952 bits per heavy atom. The predicted octanol–water partition coefficient (Wildman–Crippen LogP) is 17.3. The number of allylic oxidation sites excluding steroid dienone is 2. The van der Waals surface area contributed by atoms with Crippen LogP contribution < -0.4 is 9.80 Å². The number of hydrogen-bond acceptors (Lipinski definition) is 2. The standard InChI is InChI=1S/C60H54N2/c1-39(2)43-21-25-45(26-22-43)49-19-17-41(5)57(37-49)61(51-13-9-7-10-14-51)55-35-31-47-30-34-54-56(36-32-48-29-33-53(55)59(47)60(48)54)62(52-15-11-8-12-16-52)58-38-50(20-18-42(58)6)46-27-23-44(24-28-46)40(3)4/h7-15,17-40,52H,16H2,1-6H3. The van der Waals surface area contributed by atoms with E-state index in [4.69, 9.17) is 0 Å². The third-order valence-electron chi connectivity index (χ3n) is 13.2. The summed E-state index contributed by atoms with van der Waals surface area (Å²) in [6.45, 7) is 13.5.